The van der Waals surface area contributed by atoms with Gasteiger partial charge in [-0.05, 0) is 17.7 Å². The molecule has 0 spiro atoms. The van der Waals surface area contributed by atoms with Gasteiger partial charge in [-0.1, -0.05) is 11.3 Å². The zero-order valence-electron chi connectivity index (χ0n) is 13.1. The van der Waals surface area contributed by atoms with Crippen molar-refractivity contribution in [3.05, 3.63) is 45.5 Å². The number of rotatable bonds is 8. The number of nitrogens with zero attached hydrogens (tertiary/aromatic N) is 4. The zero-order chi connectivity index (χ0) is 17.4. The summed E-state index contributed by atoms with van der Waals surface area (Å²) in [6, 6.07) is 4.48. The van der Waals surface area contributed by atoms with Crippen LogP contribution in [0, 0.1) is 10.1 Å². The van der Waals surface area contributed by atoms with E-state index in [0.717, 1.165) is 26.2 Å². The van der Waals surface area contributed by atoms with Crippen molar-refractivity contribution in [1.29, 1.82) is 0 Å². The molecular weight excluding hydrogens is 367 g/mol. The van der Waals surface area contributed by atoms with Crippen molar-refractivity contribution in [2.75, 3.05) is 26.2 Å². The predicted molar refractivity (Wildman–Crippen MR) is 90.8 cm³/mol. The highest BCUT2D eigenvalue weighted by Gasteiger charge is 2.49. The first-order chi connectivity index (χ1) is 12.1. The monoisotopic (exact) mass is 382 g/mol. The van der Waals surface area contributed by atoms with E-state index < -0.39 is 12.6 Å². The molecular formula is C14H15N4O5PS. The molecule has 0 radical (unpaired) electrons. The SMILES string of the molecule is O=[N+]([O-])c1ccc(COP(=O)(N2CC2)N2CC2)cc1Oc1nccs1. The van der Waals surface area contributed by atoms with E-state index in [1.807, 2.05) is 9.34 Å². The van der Waals surface area contributed by atoms with Gasteiger partial charge in [-0.25, -0.2) is 14.3 Å². The lowest BCUT2D eigenvalue weighted by atomic mass is 10.2. The lowest BCUT2D eigenvalue weighted by Crippen LogP contribution is -2.08. The van der Waals surface area contributed by atoms with Gasteiger partial charge in [0.1, 0.15) is 0 Å². The van der Waals surface area contributed by atoms with E-state index in [4.69, 9.17) is 9.26 Å². The Kier molecular flexibility index (Phi) is 4.30. The summed E-state index contributed by atoms with van der Waals surface area (Å²) in [5, 5.41) is 13.2. The van der Waals surface area contributed by atoms with E-state index in [9.17, 15) is 14.7 Å². The van der Waals surface area contributed by atoms with Crippen molar-refractivity contribution >= 4 is 24.7 Å². The van der Waals surface area contributed by atoms with Gasteiger partial charge in [0, 0.05) is 43.8 Å². The van der Waals surface area contributed by atoms with Crippen LogP contribution in [0.2, 0.25) is 0 Å². The topological polar surface area (TPSA) is 97.6 Å². The number of hydrogen-bond donors (Lipinski definition) is 0. The summed E-state index contributed by atoms with van der Waals surface area (Å²) in [6.07, 6.45) is 1.56. The lowest BCUT2D eigenvalue weighted by Gasteiger charge is -2.19. The minimum Gasteiger partial charge on any atom is -0.424 e. The van der Waals surface area contributed by atoms with Gasteiger partial charge in [0.05, 0.1) is 11.5 Å². The molecule has 2 saturated heterocycles. The van der Waals surface area contributed by atoms with E-state index in [1.54, 1.807) is 17.6 Å². The average Bonchev–Trinajstić information content (AvgIpc) is 3.51. The molecule has 0 aliphatic carbocycles. The van der Waals surface area contributed by atoms with Crippen molar-refractivity contribution in [2.24, 2.45) is 0 Å². The van der Waals surface area contributed by atoms with Crippen LogP contribution in [-0.2, 0) is 15.7 Å². The van der Waals surface area contributed by atoms with Crippen LogP contribution in [0.15, 0.2) is 29.8 Å². The highest BCUT2D eigenvalue weighted by atomic mass is 32.1. The predicted octanol–water partition coefficient (Wildman–Crippen LogP) is 3.10. The minimum atomic E-state index is -2.93. The average molecular weight is 382 g/mol. The van der Waals surface area contributed by atoms with Crippen LogP contribution in [0.25, 0.3) is 0 Å². The molecule has 132 valence electrons. The Morgan fingerprint density at radius 1 is 1.28 bits per heavy atom. The summed E-state index contributed by atoms with van der Waals surface area (Å²) >= 11 is 1.24. The third-order valence-electron chi connectivity index (χ3n) is 3.79. The number of thiazole rings is 1. The van der Waals surface area contributed by atoms with Crippen molar-refractivity contribution in [1.82, 2.24) is 14.3 Å². The maximum atomic E-state index is 12.9. The number of benzene rings is 1. The molecule has 3 heterocycles. The first kappa shape index (κ1) is 16.6. The van der Waals surface area contributed by atoms with Gasteiger partial charge >= 0.3 is 13.4 Å². The molecule has 11 heteroatoms. The second-order valence-electron chi connectivity index (χ2n) is 5.63. The number of hydrogen-bond acceptors (Lipinski definition) is 7. The molecule has 0 saturated carbocycles. The highest BCUT2D eigenvalue weighted by Crippen LogP contribution is 2.61. The van der Waals surface area contributed by atoms with Crippen LogP contribution in [-0.4, -0.2) is 45.4 Å². The van der Waals surface area contributed by atoms with Crippen molar-refractivity contribution in [3.63, 3.8) is 0 Å². The summed E-state index contributed by atoms with van der Waals surface area (Å²) in [6.45, 7) is 3.17. The number of nitro benzene ring substituents is 1. The molecule has 4 rings (SSSR count). The minimum absolute atomic E-state index is 0.0920. The van der Waals surface area contributed by atoms with E-state index in [2.05, 4.69) is 4.98 Å². The Morgan fingerprint density at radius 2 is 2.00 bits per heavy atom. The fourth-order valence-electron chi connectivity index (χ4n) is 2.33. The van der Waals surface area contributed by atoms with Crippen LogP contribution in [0.3, 0.4) is 0 Å². The van der Waals surface area contributed by atoms with Gasteiger partial charge in [0.15, 0.2) is 0 Å². The van der Waals surface area contributed by atoms with Crippen LogP contribution >= 0.6 is 19.0 Å². The molecule has 0 amide bonds. The van der Waals surface area contributed by atoms with Crippen molar-refractivity contribution < 1.29 is 18.7 Å². The maximum absolute atomic E-state index is 12.9. The molecule has 9 nitrogen and oxygen atoms in total. The van der Waals surface area contributed by atoms with Crippen LogP contribution in [0.4, 0.5) is 5.69 Å². The lowest BCUT2D eigenvalue weighted by molar-refractivity contribution is -0.385. The van der Waals surface area contributed by atoms with Crippen LogP contribution < -0.4 is 4.74 Å². The third kappa shape index (κ3) is 3.58. The molecule has 0 bridgehead atoms. The Morgan fingerprint density at radius 3 is 2.56 bits per heavy atom. The number of aromatic nitrogens is 1. The summed E-state index contributed by atoms with van der Waals surface area (Å²) in [5.41, 5.74) is 0.500. The van der Waals surface area contributed by atoms with Gasteiger partial charge in [0.25, 0.3) is 5.19 Å². The van der Waals surface area contributed by atoms with Gasteiger partial charge in [-0.3, -0.25) is 14.7 Å². The molecule has 1 aromatic heterocycles. The quantitative estimate of drug-likeness (QED) is 0.297. The van der Waals surface area contributed by atoms with Gasteiger partial charge in [-0.15, -0.1) is 0 Å². The van der Waals surface area contributed by atoms with E-state index >= 15 is 0 Å². The molecule has 2 aliphatic heterocycles. The molecule has 0 atom stereocenters. The summed E-state index contributed by atoms with van der Waals surface area (Å²) in [4.78, 5) is 14.7. The van der Waals surface area contributed by atoms with E-state index in [1.165, 1.54) is 23.5 Å². The van der Waals surface area contributed by atoms with Gasteiger partial charge < -0.3 is 9.26 Å². The zero-order valence-corrected chi connectivity index (χ0v) is 14.8. The van der Waals surface area contributed by atoms with Crippen LogP contribution in [0.5, 0.6) is 10.9 Å². The van der Waals surface area contributed by atoms with Crippen LogP contribution in [0.1, 0.15) is 5.56 Å². The Balaban J connectivity index is 1.53. The second-order valence-corrected chi connectivity index (χ2v) is 8.86. The fraction of sp³-hybridized carbons (Fsp3) is 0.357. The normalized spacial score (nSPS) is 17.4. The van der Waals surface area contributed by atoms with Crippen molar-refractivity contribution in [3.8, 4) is 10.9 Å². The summed E-state index contributed by atoms with van der Waals surface area (Å²) in [5.74, 6) is 0.0920. The second kappa shape index (κ2) is 6.47. The smallest absolute Gasteiger partial charge is 0.346 e. The van der Waals surface area contributed by atoms with E-state index in [-0.39, 0.29) is 18.0 Å². The summed E-state index contributed by atoms with van der Waals surface area (Å²) < 4.78 is 27.8. The molecule has 2 fully saturated rings. The first-order valence-corrected chi connectivity index (χ1v) is 10.1. The number of ether oxygens (including phenoxy) is 1. The highest BCUT2D eigenvalue weighted by molar-refractivity contribution is 7.54. The van der Waals surface area contributed by atoms with Crippen molar-refractivity contribution in [2.45, 2.75) is 6.61 Å². The molecule has 1 aromatic carbocycles. The van der Waals surface area contributed by atoms with Gasteiger partial charge in [-0.2, -0.15) is 0 Å². The molecule has 2 aliphatic rings. The largest absolute Gasteiger partial charge is 0.424 e. The Hall–Kier alpha value is -1.84. The fourth-order valence-corrected chi connectivity index (χ4v) is 5.02. The maximum Gasteiger partial charge on any atom is 0.346 e. The third-order valence-corrected chi connectivity index (χ3v) is 7.13. The Labute approximate surface area is 147 Å². The Bertz CT molecular complexity index is 822. The first-order valence-electron chi connectivity index (χ1n) is 7.66. The number of nitro groups is 1. The van der Waals surface area contributed by atoms with E-state index in [0.29, 0.717) is 10.8 Å². The molecule has 2 aromatic rings. The van der Waals surface area contributed by atoms with Gasteiger partial charge in [0.2, 0.25) is 5.75 Å². The molecule has 0 N–H and O–H groups in total. The molecule has 0 unspecified atom stereocenters. The standard InChI is InChI=1S/C14H15N4O5PS/c19-18(20)12-2-1-11(9-13(12)23-14-15-3-8-25-14)10-22-24(21,16-4-5-16)17-6-7-17/h1-3,8-9H,4-7,10H2. The summed E-state index contributed by atoms with van der Waals surface area (Å²) in [7, 11) is -2.93. The molecule has 25 heavy (non-hydrogen) atoms.